The number of sulfonamides is 1. The number of nitrogens with one attached hydrogen (secondary N) is 1. The largest absolute Gasteiger partial charge is 0.326 e. The minimum Gasteiger partial charge on any atom is -0.326 e. The van der Waals surface area contributed by atoms with Crippen molar-refractivity contribution >= 4 is 33.2 Å². The maximum Gasteiger partial charge on any atom is 0.243 e. The van der Waals surface area contributed by atoms with E-state index in [1.807, 2.05) is 18.2 Å². The number of hydrogen-bond acceptors (Lipinski definition) is 4. The first-order valence-corrected chi connectivity index (χ1v) is 11.6. The molecule has 0 saturated carbocycles. The van der Waals surface area contributed by atoms with E-state index >= 15 is 0 Å². The Kier molecular flexibility index (Phi) is 6.81. The molecule has 1 saturated heterocycles. The van der Waals surface area contributed by atoms with Crippen molar-refractivity contribution in [1.29, 1.82) is 5.26 Å². The van der Waals surface area contributed by atoms with Crippen molar-refractivity contribution < 1.29 is 13.2 Å². The van der Waals surface area contributed by atoms with Crippen LogP contribution in [0.3, 0.4) is 0 Å². The normalized spacial score (nSPS) is 15.7. The predicted molar refractivity (Wildman–Crippen MR) is 117 cm³/mol. The van der Waals surface area contributed by atoms with Crippen LogP contribution in [-0.2, 0) is 14.8 Å². The Hall–Kier alpha value is -2.40. The van der Waals surface area contributed by atoms with E-state index in [9.17, 15) is 13.2 Å². The first kappa shape index (κ1) is 22.3. The van der Waals surface area contributed by atoms with Crippen LogP contribution >= 0.6 is 11.6 Å². The van der Waals surface area contributed by atoms with Crippen molar-refractivity contribution in [2.75, 3.05) is 18.4 Å². The number of rotatable bonds is 5. The molecule has 8 heteroatoms. The summed E-state index contributed by atoms with van der Waals surface area (Å²) in [4.78, 5) is 12.9. The van der Waals surface area contributed by atoms with Gasteiger partial charge in [0.15, 0.2) is 0 Å². The van der Waals surface area contributed by atoms with Crippen molar-refractivity contribution in [2.45, 2.75) is 37.5 Å². The van der Waals surface area contributed by atoms with E-state index in [1.165, 1.54) is 10.4 Å². The molecule has 0 bridgehead atoms. The summed E-state index contributed by atoms with van der Waals surface area (Å²) < 4.78 is 27.3. The van der Waals surface area contributed by atoms with Crippen LogP contribution in [0.1, 0.15) is 43.7 Å². The number of nitrogens with zero attached hydrogens (tertiary/aromatic N) is 2. The molecule has 1 heterocycles. The Morgan fingerprint density at radius 1 is 1.17 bits per heavy atom. The summed E-state index contributed by atoms with van der Waals surface area (Å²) in [6.45, 7) is 4.70. The lowest BCUT2D eigenvalue weighted by Crippen LogP contribution is -2.41. The van der Waals surface area contributed by atoms with Gasteiger partial charge in [-0.2, -0.15) is 9.57 Å². The van der Waals surface area contributed by atoms with Crippen LogP contribution in [0.25, 0.3) is 0 Å². The first-order chi connectivity index (χ1) is 14.2. The van der Waals surface area contributed by atoms with Gasteiger partial charge in [-0.1, -0.05) is 37.6 Å². The molecule has 0 aromatic heterocycles. The standard InChI is InChI=1S/C22H24ClN3O3S/c1-15(2)16-3-6-20(7-4-16)30(28,29)26-11-9-17(10-12-26)22(27)25-19-5-8-21(23)18(13-19)14-24/h3-8,13,15,17H,9-12H2,1-2H3,(H,25,27). The van der Waals surface area contributed by atoms with E-state index in [-0.39, 0.29) is 29.8 Å². The third kappa shape index (κ3) is 4.84. The lowest BCUT2D eigenvalue weighted by atomic mass is 9.97. The van der Waals surface area contributed by atoms with Crippen molar-refractivity contribution in [1.82, 2.24) is 4.31 Å². The van der Waals surface area contributed by atoms with Gasteiger partial charge in [-0.15, -0.1) is 0 Å². The molecular weight excluding hydrogens is 422 g/mol. The van der Waals surface area contributed by atoms with Crippen LogP contribution in [-0.4, -0.2) is 31.7 Å². The highest BCUT2D eigenvalue weighted by Gasteiger charge is 2.32. The molecule has 2 aromatic carbocycles. The highest BCUT2D eigenvalue weighted by Crippen LogP contribution is 2.27. The highest BCUT2D eigenvalue weighted by atomic mass is 35.5. The van der Waals surface area contributed by atoms with Crippen molar-refractivity contribution in [3.63, 3.8) is 0 Å². The second-order valence-electron chi connectivity index (χ2n) is 7.70. The second kappa shape index (κ2) is 9.17. The fraction of sp³-hybridized carbons (Fsp3) is 0.364. The number of carbonyl (C=O) groups excluding carboxylic acids is 1. The minimum atomic E-state index is -3.58. The maximum atomic E-state index is 12.9. The monoisotopic (exact) mass is 445 g/mol. The molecule has 0 atom stereocenters. The molecule has 0 radical (unpaired) electrons. The smallest absolute Gasteiger partial charge is 0.243 e. The number of piperidine rings is 1. The number of benzene rings is 2. The van der Waals surface area contributed by atoms with E-state index in [1.54, 1.807) is 24.3 Å². The average Bonchev–Trinajstić information content (AvgIpc) is 2.75. The Bertz CT molecular complexity index is 1070. The summed E-state index contributed by atoms with van der Waals surface area (Å²) in [6, 6.07) is 13.7. The number of amides is 1. The fourth-order valence-electron chi connectivity index (χ4n) is 3.47. The van der Waals surface area contributed by atoms with Gasteiger partial charge < -0.3 is 5.32 Å². The molecular formula is C22H24ClN3O3S. The van der Waals surface area contributed by atoms with Crippen LogP contribution in [0.15, 0.2) is 47.4 Å². The quantitative estimate of drug-likeness (QED) is 0.739. The van der Waals surface area contributed by atoms with Gasteiger partial charge in [-0.25, -0.2) is 8.42 Å². The molecule has 3 rings (SSSR count). The molecule has 0 spiro atoms. The Labute approximate surface area is 182 Å². The van der Waals surface area contributed by atoms with Gasteiger partial charge in [0, 0.05) is 24.7 Å². The molecule has 0 unspecified atom stereocenters. The summed E-state index contributed by atoms with van der Waals surface area (Å²) in [5, 5.41) is 12.2. The first-order valence-electron chi connectivity index (χ1n) is 9.83. The molecule has 30 heavy (non-hydrogen) atoms. The zero-order valence-electron chi connectivity index (χ0n) is 16.9. The summed E-state index contributed by atoms with van der Waals surface area (Å²) in [7, 11) is -3.58. The number of anilines is 1. The predicted octanol–water partition coefficient (Wildman–Crippen LogP) is 4.37. The molecule has 1 fully saturated rings. The lowest BCUT2D eigenvalue weighted by Gasteiger charge is -2.30. The number of hydrogen-bond donors (Lipinski definition) is 1. The summed E-state index contributed by atoms with van der Waals surface area (Å²) in [6.07, 6.45) is 0.877. The topological polar surface area (TPSA) is 90.3 Å². The maximum absolute atomic E-state index is 12.9. The molecule has 1 amide bonds. The highest BCUT2D eigenvalue weighted by molar-refractivity contribution is 7.89. The second-order valence-corrected chi connectivity index (χ2v) is 10.0. The molecule has 1 N–H and O–H groups in total. The number of carbonyl (C=O) groups is 1. The molecule has 1 aliphatic heterocycles. The van der Waals surface area contributed by atoms with Crippen LogP contribution in [0.5, 0.6) is 0 Å². The summed E-state index contributed by atoms with van der Waals surface area (Å²) in [5.74, 6) is -0.138. The van der Waals surface area contributed by atoms with Crippen molar-refractivity contribution in [3.8, 4) is 6.07 Å². The number of nitriles is 1. The van der Waals surface area contributed by atoms with E-state index < -0.39 is 10.0 Å². The zero-order valence-corrected chi connectivity index (χ0v) is 18.5. The van der Waals surface area contributed by atoms with Crippen molar-refractivity contribution in [2.24, 2.45) is 5.92 Å². The SMILES string of the molecule is CC(C)c1ccc(S(=O)(=O)N2CCC(C(=O)Nc3ccc(Cl)c(C#N)c3)CC2)cc1. The molecule has 2 aromatic rings. The lowest BCUT2D eigenvalue weighted by molar-refractivity contribution is -0.120. The van der Waals surface area contributed by atoms with E-state index in [2.05, 4.69) is 19.2 Å². The van der Waals surface area contributed by atoms with Crippen LogP contribution in [0.4, 0.5) is 5.69 Å². The summed E-state index contributed by atoms with van der Waals surface area (Å²) >= 11 is 5.92. The van der Waals surface area contributed by atoms with Gasteiger partial charge in [0.2, 0.25) is 15.9 Å². The zero-order chi connectivity index (χ0) is 21.9. The van der Waals surface area contributed by atoms with E-state index in [4.69, 9.17) is 16.9 Å². The van der Waals surface area contributed by atoms with Gasteiger partial charge in [0.05, 0.1) is 15.5 Å². The van der Waals surface area contributed by atoms with E-state index in [0.29, 0.717) is 35.0 Å². The number of halogens is 1. The fourth-order valence-corrected chi connectivity index (χ4v) is 5.09. The van der Waals surface area contributed by atoms with Gasteiger partial charge in [-0.3, -0.25) is 4.79 Å². The Morgan fingerprint density at radius 2 is 1.80 bits per heavy atom. The molecule has 6 nitrogen and oxygen atoms in total. The van der Waals surface area contributed by atoms with Gasteiger partial charge in [-0.05, 0) is 54.7 Å². The Balaban J connectivity index is 1.62. The Morgan fingerprint density at radius 3 is 2.37 bits per heavy atom. The van der Waals surface area contributed by atoms with Crippen LogP contribution in [0.2, 0.25) is 5.02 Å². The van der Waals surface area contributed by atoms with Crippen molar-refractivity contribution in [3.05, 3.63) is 58.6 Å². The molecule has 1 aliphatic rings. The van der Waals surface area contributed by atoms with Gasteiger partial charge in [0.1, 0.15) is 6.07 Å². The van der Waals surface area contributed by atoms with Gasteiger partial charge >= 0.3 is 0 Å². The average molecular weight is 446 g/mol. The third-order valence-electron chi connectivity index (χ3n) is 5.36. The minimum absolute atomic E-state index is 0.181. The van der Waals surface area contributed by atoms with Gasteiger partial charge in [0.25, 0.3) is 0 Å². The van der Waals surface area contributed by atoms with E-state index in [0.717, 1.165) is 5.56 Å². The summed E-state index contributed by atoms with van der Waals surface area (Å²) in [5.41, 5.74) is 1.88. The van der Waals surface area contributed by atoms with Crippen LogP contribution in [0, 0.1) is 17.2 Å². The van der Waals surface area contributed by atoms with Crippen LogP contribution < -0.4 is 5.32 Å². The molecule has 0 aliphatic carbocycles. The molecule has 158 valence electrons. The third-order valence-corrected chi connectivity index (χ3v) is 7.61.